The molecule has 6 atom stereocenters. The molecule has 0 aromatic rings. The molecule has 0 aromatic heterocycles. The van der Waals surface area contributed by atoms with Gasteiger partial charge in [-0.2, -0.15) is 0 Å². The Morgan fingerprint density at radius 1 is 1.10 bits per heavy atom. The van der Waals surface area contributed by atoms with Crippen molar-refractivity contribution >= 4 is 0 Å². The van der Waals surface area contributed by atoms with Gasteiger partial charge in [0.25, 0.3) is 0 Å². The molecule has 2 saturated carbocycles. The zero-order chi connectivity index (χ0) is 14.3. The minimum absolute atomic E-state index is 0.0595. The van der Waals surface area contributed by atoms with Crippen LogP contribution in [0.4, 0.5) is 0 Å². The summed E-state index contributed by atoms with van der Waals surface area (Å²) in [6.07, 6.45) is 8.91. The predicted octanol–water partition coefficient (Wildman–Crippen LogP) is 3.59. The molecule has 2 heteroatoms. The quantitative estimate of drug-likeness (QED) is 0.827. The van der Waals surface area contributed by atoms with Gasteiger partial charge < -0.3 is 10.4 Å². The molecular formula is C18H33NO. The molecular weight excluding hydrogens is 246 g/mol. The first kappa shape index (κ1) is 14.8. The fourth-order valence-corrected chi connectivity index (χ4v) is 5.27. The van der Waals surface area contributed by atoms with Crippen LogP contribution in [0.2, 0.25) is 0 Å². The fraction of sp³-hybridized carbons (Fsp3) is 1.00. The summed E-state index contributed by atoms with van der Waals surface area (Å²) in [5.41, 5.74) is 0.437. The Balaban J connectivity index is 1.71. The highest BCUT2D eigenvalue weighted by atomic mass is 16.3. The number of hydrogen-bond donors (Lipinski definition) is 2. The van der Waals surface area contributed by atoms with Crippen LogP contribution in [0.15, 0.2) is 0 Å². The lowest BCUT2D eigenvalue weighted by molar-refractivity contribution is -0.00712. The van der Waals surface area contributed by atoms with Crippen LogP contribution in [0.1, 0.15) is 65.7 Å². The first-order valence-corrected chi connectivity index (χ1v) is 8.94. The van der Waals surface area contributed by atoms with E-state index in [0.717, 1.165) is 24.2 Å². The van der Waals surface area contributed by atoms with Crippen molar-refractivity contribution in [2.24, 2.45) is 29.1 Å². The Labute approximate surface area is 124 Å². The number of rotatable bonds is 3. The molecule has 3 rings (SSSR count). The molecule has 2 nitrogen and oxygen atoms in total. The smallest absolute Gasteiger partial charge is 0.0583 e. The standard InChI is InChI=1S/C18H33NO/c1-4-18(2,3)13-8-9-16(20)15(10-13)17-14-7-5-6-12(14)11-19-17/h12-17,19-20H,4-11H2,1-3H3. The maximum absolute atomic E-state index is 10.6. The van der Waals surface area contributed by atoms with Crippen molar-refractivity contribution in [3.8, 4) is 0 Å². The fourth-order valence-electron chi connectivity index (χ4n) is 5.27. The van der Waals surface area contributed by atoms with Gasteiger partial charge in [-0.1, -0.05) is 33.6 Å². The van der Waals surface area contributed by atoms with E-state index in [2.05, 4.69) is 26.1 Å². The van der Waals surface area contributed by atoms with Gasteiger partial charge in [0.2, 0.25) is 0 Å². The van der Waals surface area contributed by atoms with E-state index in [1.54, 1.807) is 0 Å². The van der Waals surface area contributed by atoms with E-state index in [9.17, 15) is 5.11 Å². The molecule has 116 valence electrons. The summed E-state index contributed by atoms with van der Waals surface area (Å²) >= 11 is 0. The van der Waals surface area contributed by atoms with Crippen LogP contribution < -0.4 is 5.32 Å². The lowest BCUT2D eigenvalue weighted by atomic mass is 9.64. The molecule has 6 unspecified atom stereocenters. The molecule has 1 saturated heterocycles. The zero-order valence-corrected chi connectivity index (χ0v) is 13.6. The van der Waals surface area contributed by atoms with Crippen LogP contribution >= 0.6 is 0 Å². The van der Waals surface area contributed by atoms with Crippen molar-refractivity contribution < 1.29 is 5.11 Å². The van der Waals surface area contributed by atoms with E-state index >= 15 is 0 Å². The van der Waals surface area contributed by atoms with Crippen molar-refractivity contribution in [2.45, 2.75) is 77.9 Å². The third-order valence-corrected chi connectivity index (χ3v) is 7.13. The van der Waals surface area contributed by atoms with Crippen molar-refractivity contribution in [3.05, 3.63) is 0 Å². The Bertz CT molecular complexity index is 340. The first-order valence-electron chi connectivity index (χ1n) is 8.94. The lowest BCUT2D eigenvalue weighted by Gasteiger charge is -2.44. The molecule has 0 bridgehead atoms. The van der Waals surface area contributed by atoms with Crippen molar-refractivity contribution in [1.29, 1.82) is 0 Å². The average molecular weight is 279 g/mol. The summed E-state index contributed by atoms with van der Waals surface area (Å²) in [5, 5.41) is 14.4. The Hall–Kier alpha value is -0.0800. The molecule has 1 heterocycles. The van der Waals surface area contributed by atoms with Gasteiger partial charge in [0, 0.05) is 12.0 Å². The highest BCUT2D eigenvalue weighted by Gasteiger charge is 2.47. The van der Waals surface area contributed by atoms with E-state index in [-0.39, 0.29) is 6.10 Å². The summed E-state index contributed by atoms with van der Waals surface area (Å²) in [6, 6.07) is 0.605. The summed E-state index contributed by atoms with van der Waals surface area (Å²) in [4.78, 5) is 0. The number of nitrogens with one attached hydrogen (secondary N) is 1. The maximum atomic E-state index is 10.6. The van der Waals surface area contributed by atoms with Gasteiger partial charge in [-0.3, -0.25) is 0 Å². The number of aliphatic hydroxyl groups excluding tert-OH is 1. The highest BCUT2D eigenvalue weighted by molar-refractivity contribution is 5.01. The van der Waals surface area contributed by atoms with Gasteiger partial charge >= 0.3 is 0 Å². The van der Waals surface area contributed by atoms with Crippen molar-refractivity contribution in [1.82, 2.24) is 5.32 Å². The summed E-state index contributed by atoms with van der Waals surface area (Å²) in [5.74, 6) is 3.07. The van der Waals surface area contributed by atoms with Crippen LogP contribution in [-0.4, -0.2) is 23.8 Å². The highest BCUT2D eigenvalue weighted by Crippen LogP contribution is 2.48. The van der Waals surface area contributed by atoms with Crippen LogP contribution in [0.25, 0.3) is 0 Å². The minimum Gasteiger partial charge on any atom is -0.393 e. The SMILES string of the molecule is CCC(C)(C)C1CCC(O)C(C2NCC3CCCC32)C1. The maximum Gasteiger partial charge on any atom is 0.0583 e. The van der Waals surface area contributed by atoms with Crippen LogP contribution in [0.3, 0.4) is 0 Å². The van der Waals surface area contributed by atoms with E-state index in [1.807, 2.05) is 0 Å². The molecule has 3 fully saturated rings. The topological polar surface area (TPSA) is 32.3 Å². The number of hydrogen-bond acceptors (Lipinski definition) is 2. The van der Waals surface area contributed by atoms with E-state index in [0.29, 0.717) is 17.4 Å². The summed E-state index contributed by atoms with van der Waals surface area (Å²) in [7, 11) is 0. The van der Waals surface area contributed by atoms with Gasteiger partial charge in [0.15, 0.2) is 0 Å². The lowest BCUT2D eigenvalue weighted by Crippen LogP contribution is -2.46. The van der Waals surface area contributed by atoms with Crippen molar-refractivity contribution in [3.63, 3.8) is 0 Å². The number of fused-ring (bicyclic) bond motifs is 1. The monoisotopic (exact) mass is 279 g/mol. The number of aliphatic hydroxyl groups is 1. The van der Waals surface area contributed by atoms with Gasteiger partial charge in [0.1, 0.15) is 0 Å². The second-order valence-corrected chi connectivity index (χ2v) is 8.37. The average Bonchev–Trinajstić information content (AvgIpc) is 3.02. The second kappa shape index (κ2) is 5.61. The molecule has 2 aliphatic carbocycles. The normalized spacial score (nSPS) is 45.6. The molecule has 2 N–H and O–H groups in total. The van der Waals surface area contributed by atoms with Crippen LogP contribution in [0, 0.1) is 29.1 Å². The molecule has 0 spiro atoms. The van der Waals surface area contributed by atoms with E-state index in [1.165, 1.54) is 45.1 Å². The zero-order valence-electron chi connectivity index (χ0n) is 13.6. The van der Waals surface area contributed by atoms with Crippen molar-refractivity contribution in [2.75, 3.05) is 6.54 Å². The largest absolute Gasteiger partial charge is 0.393 e. The van der Waals surface area contributed by atoms with E-state index in [4.69, 9.17) is 0 Å². The van der Waals surface area contributed by atoms with Gasteiger partial charge in [0.05, 0.1) is 6.10 Å². The Kier molecular flexibility index (Phi) is 4.16. The molecule has 20 heavy (non-hydrogen) atoms. The third kappa shape index (κ3) is 2.54. The van der Waals surface area contributed by atoms with Gasteiger partial charge in [-0.05, 0) is 61.8 Å². The Morgan fingerprint density at radius 2 is 1.90 bits per heavy atom. The third-order valence-electron chi connectivity index (χ3n) is 7.13. The van der Waals surface area contributed by atoms with Gasteiger partial charge in [-0.15, -0.1) is 0 Å². The second-order valence-electron chi connectivity index (χ2n) is 8.37. The summed E-state index contributed by atoms with van der Waals surface area (Å²) in [6.45, 7) is 8.38. The van der Waals surface area contributed by atoms with Gasteiger partial charge in [-0.25, -0.2) is 0 Å². The summed E-state index contributed by atoms with van der Waals surface area (Å²) < 4.78 is 0. The molecule has 0 amide bonds. The Morgan fingerprint density at radius 3 is 2.65 bits per heavy atom. The first-order chi connectivity index (χ1) is 9.53. The predicted molar refractivity (Wildman–Crippen MR) is 83.5 cm³/mol. The minimum atomic E-state index is -0.0595. The molecule has 3 aliphatic rings. The molecule has 1 aliphatic heterocycles. The van der Waals surface area contributed by atoms with Crippen LogP contribution in [-0.2, 0) is 0 Å². The molecule has 0 aromatic carbocycles. The van der Waals surface area contributed by atoms with Crippen LogP contribution in [0.5, 0.6) is 0 Å². The molecule has 0 radical (unpaired) electrons. The van der Waals surface area contributed by atoms with E-state index < -0.39 is 0 Å².